The van der Waals surface area contributed by atoms with E-state index < -0.39 is 71.9 Å². The number of phenols is 1. The lowest BCUT2D eigenvalue weighted by atomic mass is 9.99. The molecule has 3 aliphatic rings. The first-order chi connectivity index (χ1) is 17.4. The number of thioether (sulfide) groups is 1. The van der Waals surface area contributed by atoms with E-state index in [0.29, 0.717) is 11.1 Å². The lowest BCUT2D eigenvalue weighted by Crippen LogP contribution is -2.71. The molecule has 2 amide bonds. The molecule has 0 saturated carbocycles. The average Bonchev–Trinajstić information content (AvgIpc) is 2.86. The maximum absolute atomic E-state index is 13.0. The number of aliphatic carboxylic acids is 1. The van der Waals surface area contributed by atoms with E-state index in [1.54, 1.807) is 6.92 Å². The van der Waals surface area contributed by atoms with Crippen LogP contribution in [0.2, 0.25) is 0 Å². The number of nitrogens with one attached hydrogen (secondary N) is 1. The molecular weight excluding hydrogens is 514 g/mol. The number of phenolic OH excluding ortho intramolecular Hbond substituents is 1. The molecule has 3 aliphatic heterocycles. The lowest BCUT2D eigenvalue weighted by Gasteiger charge is -2.50. The van der Waals surface area contributed by atoms with Crippen LogP contribution in [0.1, 0.15) is 18.5 Å². The van der Waals surface area contributed by atoms with Crippen molar-refractivity contribution in [1.29, 1.82) is 0 Å². The van der Waals surface area contributed by atoms with E-state index in [1.807, 2.05) is 0 Å². The Morgan fingerprint density at radius 1 is 1.16 bits per heavy atom. The number of carboxylic acids is 1. The van der Waals surface area contributed by atoms with Crippen molar-refractivity contribution in [2.24, 2.45) is 5.73 Å². The van der Waals surface area contributed by atoms with Crippen molar-refractivity contribution < 1.29 is 54.2 Å². The number of aliphatic hydroxyl groups excluding tert-OH is 3. The van der Waals surface area contributed by atoms with Crippen LogP contribution in [0.25, 0.3) is 0 Å². The number of hydrogen-bond donors (Lipinski definition) is 7. The van der Waals surface area contributed by atoms with Gasteiger partial charge in [0.25, 0.3) is 5.91 Å². The van der Waals surface area contributed by atoms with Gasteiger partial charge < -0.3 is 46.1 Å². The Kier molecular flexibility index (Phi) is 7.45. The van der Waals surface area contributed by atoms with Gasteiger partial charge in [-0.25, -0.2) is 9.59 Å². The first kappa shape index (κ1) is 26.8. The number of benzene rings is 1. The Labute approximate surface area is 213 Å². The highest BCUT2D eigenvalue weighted by molar-refractivity contribution is 8.00. The minimum atomic E-state index is -1.97. The summed E-state index contributed by atoms with van der Waals surface area (Å²) in [5.41, 5.74) is 6.64. The predicted octanol–water partition coefficient (Wildman–Crippen LogP) is -2.50. The van der Waals surface area contributed by atoms with Gasteiger partial charge in [0.2, 0.25) is 12.2 Å². The summed E-state index contributed by atoms with van der Waals surface area (Å²) in [5.74, 6) is -3.77. The second kappa shape index (κ2) is 10.3. The molecule has 5 unspecified atom stereocenters. The number of aliphatic hydroxyl groups is 3. The molecule has 14 nitrogen and oxygen atoms in total. The number of ether oxygens (including phenoxy) is 2. The topological polar surface area (TPSA) is 229 Å². The number of carbonyl (C=O) groups excluding carboxylic acids is 3. The van der Waals surface area contributed by atoms with Crippen LogP contribution in [0.3, 0.4) is 0 Å². The standard InChI is InChI=1S/C22H25N3O11S/c1-7-6-37-19-11(24-17(30)10(23)8-2-4-9(26)5-3-8)18(31)25(19)12(7)21(34)36-22-15(29)13(27)14(28)16(35-22)20(32)33/h2-5,10-11,13-16,19,22,26-29H,6,23H2,1H3,(H,24,30)(H,32,33)/t10-,11-,13?,14?,15?,16?,19-,22?/m1/s1. The molecule has 0 aromatic heterocycles. The fraction of sp³-hybridized carbons (Fsp3) is 0.455. The molecule has 1 aromatic rings. The number of rotatable bonds is 6. The molecule has 37 heavy (non-hydrogen) atoms. The summed E-state index contributed by atoms with van der Waals surface area (Å²) in [6.07, 6.45) is -9.79. The van der Waals surface area contributed by atoms with Gasteiger partial charge in [0.05, 0.1) is 0 Å². The predicted molar refractivity (Wildman–Crippen MR) is 123 cm³/mol. The van der Waals surface area contributed by atoms with E-state index >= 15 is 0 Å². The van der Waals surface area contributed by atoms with Gasteiger partial charge >= 0.3 is 11.9 Å². The number of esters is 1. The van der Waals surface area contributed by atoms with Gasteiger partial charge in [0, 0.05) is 5.75 Å². The van der Waals surface area contributed by atoms with Gasteiger partial charge in [0.1, 0.15) is 47.2 Å². The zero-order chi connectivity index (χ0) is 27.2. The Bertz CT molecular complexity index is 1140. The van der Waals surface area contributed by atoms with Gasteiger partial charge in [-0.3, -0.25) is 14.5 Å². The quantitative estimate of drug-likeness (QED) is 0.147. The molecule has 15 heteroatoms. The highest BCUT2D eigenvalue weighted by atomic mass is 32.2. The SMILES string of the molecule is CC1=C(C(=O)OC2OC(C(=O)O)C(O)C(O)C2O)N2C(=O)[C@@H](NC(=O)[C@H](N)c3ccc(O)cc3)[C@H]2SC1. The summed E-state index contributed by atoms with van der Waals surface area (Å²) in [6, 6.07) is 3.56. The van der Waals surface area contributed by atoms with Crippen LogP contribution in [-0.4, -0.2) is 102 Å². The van der Waals surface area contributed by atoms with Crippen molar-refractivity contribution in [3.63, 3.8) is 0 Å². The molecule has 4 rings (SSSR count). The minimum Gasteiger partial charge on any atom is -0.508 e. The smallest absolute Gasteiger partial charge is 0.357 e. The number of hydrogen-bond acceptors (Lipinski definition) is 12. The molecular formula is C22H25N3O11S. The number of nitrogens with zero attached hydrogens (tertiary/aromatic N) is 1. The van der Waals surface area contributed by atoms with Gasteiger partial charge in [-0.05, 0) is 30.2 Å². The molecule has 0 aliphatic carbocycles. The van der Waals surface area contributed by atoms with Crippen molar-refractivity contribution >= 4 is 35.5 Å². The molecule has 2 fully saturated rings. The highest BCUT2D eigenvalue weighted by Gasteiger charge is 2.55. The molecule has 8 atom stereocenters. The normalized spacial score (nSPS) is 32.2. The third kappa shape index (κ3) is 4.88. The number of β-lactam (4-membered cyclic amide) rings is 1. The molecule has 2 saturated heterocycles. The van der Waals surface area contributed by atoms with Gasteiger partial charge in [0.15, 0.2) is 6.10 Å². The van der Waals surface area contributed by atoms with Crippen molar-refractivity contribution in [2.45, 2.75) is 55.1 Å². The monoisotopic (exact) mass is 539 g/mol. The van der Waals surface area contributed by atoms with Crippen molar-refractivity contribution in [3.8, 4) is 5.75 Å². The number of aromatic hydroxyl groups is 1. The maximum atomic E-state index is 13.0. The van der Waals surface area contributed by atoms with Crippen molar-refractivity contribution in [1.82, 2.24) is 10.2 Å². The zero-order valence-electron chi connectivity index (χ0n) is 19.3. The number of amides is 2. The summed E-state index contributed by atoms with van der Waals surface area (Å²) in [6.45, 7) is 1.57. The summed E-state index contributed by atoms with van der Waals surface area (Å²) in [7, 11) is 0. The molecule has 0 radical (unpaired) electrons. The Balaban J connectivity index is 1.44. The van der Waals surface area contributed by atoms with Gasteiger partial charge in [-0.15, -0.1) is 11.8 Å². The van der Waals surface area contributed by atoms with Crippen molar-refractivity contribution in [2.75, 3.05) is 5.75 Å². The average molecular weight is 540 g/mol. The van der Waals surface area contributed by atoms with Gasteiger partial charge in [-0.1, -0.05) is 12.1 Å². The fourth-order valence-electron chi connectivity index (χ4n) is 4.15. The summed E-state index contributed by atoms with van der Waals surface area (Å²) >= 11 is 1.28. The largest absolute Gasteiger partial charge is 0.508 e. The molecule has 1 aromatic carbocycles. The third-order valence-electron chi connectivity index (χ3n) is 6.22. The zero-order valence-corrected chi connectivity index (χ0v) is 20.1. The summed E-state index contributed by atoms with van der Waals surface area (Å²) in [5, 5.41) is 50.3. The Hall–Kier alpha value is -3.21. The minimum absolute atomic E-state index is 0.00309. The number of carboxylic acid groups (broad SMARTS) is 1. The molecule has 3 heterocycles. The van der Waals surface area contributed by atoms with Crippen LogP contribution in [0.5, 0.6) is 5.75 Å². The Morgan fingerprint density at radius 3 is 2.43 bits per heavy atom. The van der Waals surface area contributed by atoms with E-state index in [-0.39, 0.29) is 17.2 Å². The molecule has 0 spiro atoms. The van der Waals surface area contributed by atoms with Crippen molar-refractivity contribution in [3.05, 3.63) is 41.1 Å². The van der Waals surface area contributed by atoms with Crippen LogP contribution in [0.4, 0.5) is 0 Å². The van der Waals surface area contributed by atoms with E-state index in [4.69, 9.17) is 20.3 Å². The van der Waals surface area contributed by atoms with Crippen LogP contribution in [0.15, 0.2) is 35.5 Å². The van der Waals surface area contributed by atoms with Crippen LogP contribution in [0, 0.1) is 0 Å². The summed E-state index contributed by atoms with van der Waals surface area (Å²) < 4.78 is 10.1. The second-order valence-corrected chi connectivity index (χ2v) is 9.84. The second-order valence-electron chi connectivity index (χ2n) is 8.73. The van der Waals surface area contributed by atoms with E-state index in [2.05, 4.69) is 5.32 Å². The highest BCUT2D eigenvalue weighted by Crippen LogP contribution is 2.41. The maximum Gasteiger partial charge on any atom is 0.357 e. The molecule has 200 valence electrons. The number of carbonyl (C=O) groups is 4. The molecule has 0 bridgehead atoms. The van der Waals surface area contributed by atoms with Crippen LogP contribution >= 0.6 is 11.8 Å². The van der Waals surface area contributed by atoms with E-state index in [1.165, 1.54) is 36.0 Å². The van der Waals surface area contributed by atoms with Crippen LogP contribution < -0.4 is 11.1 Å². The number of nitrogens with two attached hydrogens (primary N) is 1. The van der Waals surface area contributed by atoms with Crippen LogP contribution in [-0.2, 0) is 28.7 Å². The Morgan fingerprint density at radius 2 is 1.81 bits per heavy atom. The van der Waals surface area contributed by atoms with E-state index in [0.717, 1.165) is 4.90 Å². The van der Waals surface area contributed by atoms with E-state index in [9.17, 15) is 39.6 Å². The first-order valence-corrected chi connectivity index (χ1v) is 12.1. The fourth-order valence-corrected chi connectivity index (χ4v) is 5.44. The lowest BCUT2D eigenvalue weighted by molar-refractivity contribution is -0.285. The number of fused-ring (bicyclic) bond motifs is 1. The first-order valence-electron chi connectivity index (χ1n) is 11.0. The summed E-state index contributed by atoms with van der Waals surface area (Å²) in [4.78, 5) is 51.0. The third-order valence-corrected chi connectivity index (χ3v) is 7.65. The molecule has 8 N–H and O–H groups in total. The van der Waals surface area contributed by atoms with Gasteiger partial charge in [-0.2, -0.15) is 0 Å².